The predicted octanol–water partition coefficient (Wildman–Crippen LogP) is 1.09. The summed E-state index contributed by atoms with van der Waals surface area (Å²) in [5.74, 6) is 0.0417. The predicted molar refractivity (Wildman–Crippen MR) is 68.5 cm³/mol. The van der Waals surface area contributed by atoms with Gasteiger partial charge in [-0.3, -0.25) is 19.1 Å². The Morgan fingerprint density at radius 3 is 2.65 bits per heavy atom. The summed E-state index contributed by atoms with van der Waals surface area (Å²) in [7, 11) is 0. The second-order valence-electron chi connectivity index (χ2n) is 3.81. The number of rotatable bonds is 3. The summed E-state index contributed by atoms with van der Waals surface area (Å²) in [6.45, 7) is 4.00. The van der Waals surface area contributed by atoms with Crippen molar-refractivity contribution in [1.29, 1.82) is 0 Å². The molecule has 0 radical (unpaired) electrons. The molecule has 0 atom stereocenters. The second-order valence-corrected chi connectivity index (χ2v) is 4.77. The summed E-state index contributed by atoms with van der Waals surface area (Å²) in [5, 5.41) is 0. The maximum absolute atomic E-state index is 11.9. The van der Waals surface area contributed by atoms with Crippen molar-refractivity contribution in [3.8, 4) is 0 Å². The average molecular weight is 254 g/mol. The third kappa shape index (κ3) is 1.86. The molecule has 7 heteroatoms. The van der Waals surface area contributed by atoms with Crippen LogP contribution in [0.5, 0.6) is 0 Å². The molecule has 17 heavy (non-hydrogen) atoms. The molecule has 0 saturated heterocycles. The fourth-order valence-electron chi connectivity index (χ4n) is 1.92. The smallest absolute Gasteiger partial charge is 0.309 e. The Kier molecular flexibility index (Phi) is 3.01. The molecule has 0 aromatic carbocycles. The molecule has 0 saturated carbocycles. The number of nitrogens with zero attached hydrogens (tertiary/aromatic N) is 2. The monoisotopic (exact) mass is 254 g/mol. The van der Waals surface area contributed by atoms with Gasteiger partial charge in [-0.1, -0.05) is 25.2 Å². The summed E-state index contributed by atoms with van der Waals surface area (Å²) >= 11 is 0.919. The van der Waals surface area contributed by atoms with Gasteiger partial charge in [0, 0.05) is 6.04 Å². The maximum Gasteiger partial charge on any atom is 0.309 e. The molecular formula is C10H14N4O2S. The lowest BCUT2D eigenvalue weighted by Crippen LogP contribution is -2.20. The molecule has 0 aliphatic rings. The minimum absolute atomic E-state index is 0.0417. The van der Waals surface area contributed by atoms with E-state index in [0.717, 1.165) is 24.2 Å². The van der Waals surface area contributed by atoms with E-state index in [1.807, 2.05) is 13.8 Å². The number of thiazole rings is 1. The van der Waals surface area contributed by atoms with Crippen LogP contribution in [-0.4, -0.2) is 14.5 Å². The van der Waals surface area contributed by atoms with Gasteiger partial charge in [-0.25, -0.2) is 0 Å². The first kappa shape index (κ1) is 11.8. The second kappa shape index (κ2) is 4.33. The Balaban J connectivity index is 2.83. The van der Waals surface area contributed by atoms with E-state index in [1.54, 1.807) is 4.57 Å². The van der Waals surface area contributed by atoms with Gasteiger partial charge in [-0.2, -0.15) is 4.98 Å². The molecule has 92 valence electrons. The van der Waals surface area contributed by atoms with Crippen molar-refractivity contribution in [1.82, 2.24) is 14.5 Å². The molecule has 2 aromatic rings. The lowest BCUT2D eigenvalue weighted by atomic mass is 10.2. The molecule has 0 spiro atoms. The summed E-state index contributed by atoms with van der Waals surface area (Å²) in [4.78, 5) is 29.9. The number of anilines is 1. The van der Waals surface area contributed by atoms with Crippen LogP contribution in [0.25, 0.3) is 10.3 Å². The molecule has 0 unspecified atom stereocenters. The van der Waals surface area contributed by atoms with Crippen LogP contribution in [0.15, 0.2) is 9.59 Å². The summed E-state index contributed by atoms with van der Waals surface area (Å²) in [5.41, 5.74) is 5.56. The number of nitrogens with two attached hydrogens (primary N) is 1. The van der Waals surface area contributed by atoms with Gasteiger partial charge in [0.1, 0.15) is 4.70 Å². The lowest BCUT2D eigenvalue weighted by molar-refractivity contribution is 0.476. The highest BCUT2D eigenvalue weighted by molar-refractivity contribution is 7.16. The molecule has 2 heterocycles. The lowest BCUT2D eigenvalue weighted by Gasteiger charge is -2.13. The van der Waals surface area contributed by atoms with Gasteiger partial charge in [0.15, 0.2) is 5.65 Å². The van der Waals surface area contributed by atoms with Crippen LogP contribution >= 0.6 is 11.3 Å². The van der Waals surface area contributed by atoms with Crippen molar-refractivity contribution >= 4 is 27.6 Å². The topological polar surface area (TPSA) is 93.8 Å². The number of nitrogen functional groups attached to an aromatic ring is 1. The number of nitrogens with one attached hydrogen (secondary N) is 1. The van der Waals surface area contributed by atoms with Gasteiger partial charge in [-0.05, 0) is 12.8 Å². The number of aromatic amines is 1. The molecule has 3 N–H and O–H groups in total. The number of H-pyrrole nitrogens is 1. The van der Waals surface area contributed by atoms with E-state index in [9.17, 15) is 9.59 Å². The fraction of sp³-hybridized carbons (Fsp3) is 0.500. The zero-order valence-corrected chi connectivity index (χ0v) is 10.5. The van der Waals surface area contributed by atoms with E-state index < -0.39 is 0 Å². The van der Waals surface area contributed by atoms with E-state index in [4.69, 9.17) is 5.73 Å². The molecule has 2 aromatic heterocycles. The number of fused-ring (bicyclic) bond motifs is 1. The first-order valence-electron chi connectivity index (χ1n) is 5.49. The first-order chi connectivity index (χ1) is 8.08. The van der Waals surface area contributed by atoms with Crippen molar-refractivity contribution in [2.75, 3.05) is 5.73 Å². The first-order valence-corrected chi connectivity index (χ1v) is 6.31. The molecule has 6 nitrogen and oxygen atoms in total. The minimum Gasteiger partial charge on any atom is -0.369 e. The molecule has 0 aliphatic heterocycles. The van der Waals surface area contributed by atoms with Gasteiger partial charge in [-0.15, -0.1) is 0 Å². The van der Waals surface area contributed by atoms with E-state index in [1.165, 1.54) is 0 Å². The largest absolute Gasteiger partial charge is 0.369 e. The Hall–Kier alpha value is -1.63. The van der Waals surface area contributed by atoms with Crippen LogP contribution in [0.1, 0.15) is 32.7 Å². The zero-order chi connectivity index (χ0) is 12.6. The van der Waals surface area contributed by atoms with Crippen LogP contribution in [-0.2, 0) is 0 Å². The van der Waals surface area contributed by atoms with Crippen LogP contribution in [0, 0.1) is 0 Å². The SMILES string of the molecule is CCC(CC)n1c(=O)sc2c(=O)[nH]c(N)nc21. The number of aromatic nitrogens is 3. The van der Waals surface area contributed by atoms with Gasteiger partial charge < -0.3 is 5.73 Å². The molecule has 2 rings (SSSR count). The molecule has 0 amide bonds. The Labute approximate surface area is 101 Å². The third-order valence-electron chi connectivity index (χ3n) is 2.80. The molecule has 0 bridgehead atoms. The van der Waals surface area contributed by atoms with Gasteiger partial charge in [0.2, 0.25) is 5.95 Å². The zero-order valence-electron chi connectivity index (χ0n) is 9.69. The standard InChI is InChI=1S/C10H14N4O2S/c1-3-5(4-2)14-7-6(17-10(14)16)8(15)13-9(11)12-7/h5H,3-4H2,1-2H3,(H3,11,12,13,15). The fourth-order valence-corrected chi connectivity index (χ4v) is 2.81. The number of hydrogen-bond donors (Lipinski definition) is 2. The van der Waals surface area contributed by atoms with Gasteiger partial charge in [0.25, 0.3) is 5.56 Å². The molecule has 0 fully saturated rings. The van der Waals surface area contributed by atoms with Crippen LogP contribution in [0.2, 0.25) is 0 Å². The highest BCUT2D eigenvalue weighted by Gasteiger charge is 2.17. The van der Waals surface area contributed by atoms with Crippen LogP contribution < -0.4 is 16.2 Å². The van der Waals surface area contributed by atoms with Gasteiger partial charge in [0.05, 0.1) is 0 Å². The normalized spacial score (nSPS) is 11.5. The Morgan fingerprint density at radius 1 is 1.41 bits per heavy atom. The van der Waals surface area contributed by atoms with Crippen molar-refractivity contribution < 1.29 is 0 Å². The molecule has 0 aliphatic carbocycles. The molecular weight excluding hydrogens is 240 g/mol. The average Bonchev–Trinajstić information content (AvgIpc) is 2.59. The quantitative estimate of drug-likeness (QED) is 0.857. The van der Waals surface area contributed by atoms with Gasteiger partial charge >= 0.3 is 4.87 Å². The van der Waals surface area contributed by atoms with E-state index in [2.05, 4.69) is 9.97 Å². The number of hydrogen-bond acceptors (Lipinski definition) is 5. The van der Waals surface area contributed by atoms with Crippen molar-refractivity contribution in [3.05, 3.63) is 20.0 Å². The maximum atomic E-state index is 11.9. The van der Waals surface area contributed by atoms with E-state index in [-0.39, 0.29) is 22.4 Å². The highest BCUT2D eigenvalue weighted by atomic mass is 32.1. The minimum atomic E-state index is -0.348. The Morgan fingerprint density at radius 2 is 2.06 bits per heavy atom. The van der Waals surface area contributed by atoms with E-state index >= 15 is 0 Å². The summed E-state index contributed by atoms with van der Waals surface area (Å²) in [6.07, 6.45) is 1.63. The highest BCUT2D eigenvalue weighted by Crippen LogP contribution is 2.20. The van der Waals surface area contributed by atoms with Crippen molar-refractivity contribution in [2.24, 2.45) is 0 Å². The van der Waals surface area contributed by atoms with Crippen molar-refractivity contribution in [2.45, 2.75) is 32.7 Å². The third-order valence-corrected chi connectivity index (χ3v) is 3.74. The Bertz CT molecular complexity index is 650. The van der Waals surface area contributed by atoms with Crippen LogP contribution in [0.3, 0.4) is 0 Å². The van der Waals surface area contributed by atoms with E-state index in [0.29, 0.717) is 10.3 Å². The summed E-state index contributed by atoms with van der Waals surface area (Å²) < 4.78 is 1.92. The van der Waals surface area contributed by atoms with Crippen molar-refractivity contribution in [3.63, 3.8) is 0 Å². The summed E-state index contributed by atoms with van der Waals surface area (Å²) in [6, 6.07) is 0.0601. The van der Waals surface area contributed by atoms with Crippen LogP contribution in [0.4, 0.5) is 5.95 Å².